The van der Waals surface area contributed by atoms with Crippen molar-refractivity contribution in [2.75, 3.05) is 18.4 Å². The zero-order valence-corrected chi connectivity index (χ0v) is 12.9. The van der Waals surface area contributed by atoms with Gasteiger partial charge in [-0.05, 0) is 48.2 Å². The van der Waals surface area contributed by atoms with Crippen LogP contribution in [0.3, 0.4) is 0 Å². The maximum Gasteiger partial charge on any atom is 0.248 e. The van der Waals surface area contributed by atoms with Crippen LogP contribution in [-0.2, 0) is 4.79 Å². The molecular weight excluding hydrogens is 298 g/mol. The van der Waals surface area contributed by atoms with Crippen LogP contribution in [0.5, 0.6) is 11.5 Å². The molecule has 1 amide bonds. The normalized spacial score (nSPS) is 12.6. The molecule has 0 unspecified atom stereocenters. The molecule has 1 aliphatic rings. The van der Waals surface area contributed by atoms with Crippen molar-refractivity contribution in [3.8, 4) is 11.5 Å². The average molecular weight is 313 g/mol. The van der Waals surface area contributed by atoms with Gasteiger partial charge in [0.15, 0.2) is 11.5 Å². The van der Waals surface area contributed by atoms with Gasteiger partial charge in [-0.25, -0.2) is 0 Å². The summed E-state index contributed by atoms with van der Waals surface area (Å²) in [4.78, 5) is 13.1. The summed E-state index contributed by atoms with van der Waals surface area (Å²) in [5.41, 5.74) is 1.67. The van der Waals surface area contributed by atoms with E-state index in [0.717, 1.165) is 21.9 Å². The van der Waals surface area contributed by atoms with Gasteiger partial charge in [0, 0.05) is 16.7 Å². The second-order valence-corrected chi connectivity index (χ2v) is 5.55. The Morgan fingerprint density at radius 2 is 2.05 bits per heavy atom. The van der Waals surface area contributed by atoms with E-state index in [2.05, 4.69) is 5.32 Å². The van der Waals surface area contributed by atoms with E-state index in [1.54, 1.807) is 17.8 Å². The minimum atomic E-state index is -0.170. The molecule has 0 fully saturated rings. The Balaban J connectivity index is 1.66. The van der Waals surface area contributed by atoms with Crippen LogP contribution in [0.1, 0.15) is 5.56 Å². The quantitative estimate of drug-likeness (QED) is 0.689. The van der Waals surface area contributed by atoms with Gasteiger partial charge in [-0.3, -0.25) is 4.79 Å². The van der Waals surface area contributed by atoms with E-state index in [4.69, 9.17) is 9.47 Å². The summed E-state index contributed by atoms with van der Waals surface area (Å²) in [5, 5.41) is 2.84. The Kier molecular flexibility index (Phi) is 4.34. The van der Waals surface area contributed by atoms with E-state index >= 15 is 0 Å². The minimum Gasteiger partial charge on any atom is -0.454 e. The molecule has 1 aliphatic heterocycles. The smallest absolute Gasteiger partial charge is 0.248 e. The maximum atomic E-state index is 12.0. The molecule has 5 heteroatoms. The maximum absolute atomic E-state index is 12.0. The number of fused-ring (bicyclic) bond motifs is 1. The van der Waals surface area contributed by atoms with Crippen LogP contribution in [0.15, 0.2) is 53.4 Å². The fraction of sp³-hybridized carbons (Fsp3) is 0.118. The number of benzene rings is 2. The van der Waals surface area contributed by atoms with E-state index in [1.807, 2.05) is 48.7 Å². The highest BCUT2D eigenvalue weighted by molar-refractivity contribution is 7.98. The molecule has 4 nitrogen and oxygen atoms in total. The predicted molar refractivity (Wildman–Crippen MR) is 88.5 cm³/mol. The zero-order chi connectivity index (χ0) is 15.4. The third kappa shape index (κ3) is 3.43. The molecule has 1 heterocycles. The lowest BCUT2D eigenvalue weighted by molar-refractivity contribution is -0.111. The predicted octanol–water partition coefficient (Wildman–Crippen LogP) is 3.79. The van der Waals surface area contributed by atoms with Gasteiger partial charge in [0.25, 0.3) is 0 Å². The Morgan fingerprint density at radius 1 is 1.18 bits per heavy atom. The van der Waals surface area contributed by atoms with Crippen molar-refractivity contribution in [3.63, 3.8) is 0 Å². The van der Waals surface area contributed by atoms with Gasteiger partial charge in [0.1, 0.15) is 0 Å². The number of rotatable bonds is 4. The van der Waals surface area contributed by atoms with Gasteiger partial charge in [-0.2, -0.15) is 0 Å². The van der Waals surface area contributed by atoms with Crippen LogP contribution in [0.4, 0.5) is 5.69 Å². The van der Waals surface area contributed by atoms with Crippen molar-refractivity contribution >= 4 is 29.4 Å². The lowest BCUT2D eigenvalue weighted by atomic mass is 10.2. The number of hydrogen-bond donors (Lipinski definition) is 1. The summed E-state index contributed by atoms with van der Waals surface area (Å²) in [6.07, 6.45) is 5.25. The second kappa shape index (κ2) is 6.58. The van der Waals surface area contributed by atoms with E-state index in [9.17, 15) is 4.79 Å². The third-order valence-electron chi connectivity index (χ3n) is 3.16. The first-order chi connectivity index (χ1) is 10.7. The molecule has 2 aromatic carbocycles. The molecule has 22 heavy (non-hydrogen) atoms. The molecule has 0 atom stereocenters. The average Bonchev–Trinajstić information content (AvgIpc) is 3.00. The molecule has 112 valence electrons. The van der Waals surface area contributed by atoms with Crippen molar-refractivity contribution in [2.45, 2.75) is 4.90 Å². The van der Waals surface area contributed by atoms with Crippen LogP contribution in [-0.4, -0.2) is 19.0 Å². The van der Waals surface area contributed by atoms with E-state index in [0.29, 0.717) is 5.75 Å². The van der Waals surface area contributed by atoms with Gasteiger partial charge < -0.3 is 14.8 Å². The van der Waals surface area contributed by atoms with Gasteiger partial charge in [-0.1, -0.05) is 12.1 Å². The number of carbonyl (C=O) groups excluding carboxylic acids is 1. The molecular formula is C17H15NO3S. The Hall–Kier alpha value is -2.40. The lowest BCUT2D eigenvalue weighted by Crippen LogP contribution is -2.07. The van der Waals surface area contributed by atoms with Gasteiger partial charge in [-0.15, -0.1) is 11.8 Å². The summed E-state index contributed by atoms with van der Waals surface area (Å²) in [6.45, 7) is 0.245. The second-order valence-electron chi connectivity index (χ2n) is 4.67. The molecule has 3 rings (SSSR count). The zero-order valence-electron chi connectivity index (χ0n) is 12.0. The van der Waals surface area contributed by atoms with Crippen molar-refractivity contribution < 1.29 is 14.3 Å². The Bertz CT molecular complexity index is 728. The standard InChI is InChI=1S/C17H15NO3S/c1-22-14-4-2-3-13(10-14)18-17(19)8-6-12-5-7-15-16(9-12)21-11-20-15/h2-10H,11H2,1H3,(H,18,19). The largest absolute Gasteiger partial charge is 0.454 e. The van der Waals surface area contributed by atoms with Gasteiger partial charge >= 0.3 is 0 Å². The summed E-state index contributed by atoms with van der Waals surface area (Å²) >= 11 is 1.64. The van der Waals surface area contributed by atoms with Crippen molar-refractivity contribution in [1.29, 1.82) is 0 Å². The Labute approximate surface area is 133 Å². The lowest BCUT2D eigenvalue weighted by Gasteiger charge is -2.04. The number of ether oxygens (including phenoxy) is 2. The number of amides is 1. The first kappa shape index (κ1) is 14.5. The summed E-state index contributed by atoms with van der Waals surface area (Å²) in [7, 11) is 0. The molecule has 1 N–H and O–H groups in total. The SMILES string of the molecule is CSc1cccc(NC(=O)C=Cc2ccc3c(c2)OCO3)c1. The van der Waals surface area contributed by atoms with Crippen molar-refractivity contribution in [2.24, 2.45) is 0 Å². The van der Waals surface area contributed by atoms with Crippen molar-refractivity contribution in [1.82, 2.24) is 0 Å². The number of nitrogens with one attached hydrogen (secondary N) is 1. The number of thioether (sulfide) groups is 1. The van der Waals surface area contributed by atoms with Crippen molar-refractivity contribution in [3.05, 3.63) is 54.1 Å². The van der Waals surface area contributed by atoms with E-state index < -0.39 is 0 Å². The third-order valence-corrected chi connectivity index (χ3v) is 3.89. The van der Waals surface area contributed by atoms with E-state index in [-0.39, 0.29) is 12.7 Å². The topological polar surface area (TPSA) is 47.6 Å². The fourth-order valence-electron chi connectivity index (χ4n) is 2.07. The van der Waals surface area contributed by atoms with E-state index in [1.165, 1.54) is 6.08 Å². The van der Waals surface area contributed by atoms with Crippen LogP contribution in [0, 0.1) is 0 Å². The molecule has 0 saturated carbocycles. The molecule has 0 aromatic heterocycles. The summed E-state index contributed by atoms with van der Waals surface area (Å²) in [5.74, 6) is 1.27. The van der Waals surface area contributed by atoms with Crippen LogP contribution < -0.4 is 14.8 Å². The monoisotopic (exact) mass is 313 g/mol. The van der Waals surface area contributed by atoms with Gasteiger partial charge in [0.2, 0.25) is 12.7 Å². The number of anilines is 1. The number of hydrogen-bond acceptors (Lipinski definition) is 4. The van der Waals surface area contributed by atoms with Gasteiger partial charge in [0.05, 0.1) is 0 Å². The molecule has 0 bridgehead atoms. The molecule has 0 spiro atoms. The molecule has 2 aromatic rings. The summed E-state index contributed by atoms with van der Waals surface area (Å²) in [6, 6.07) is 13.3. The first-order valence-electron chi connectivity index (χ1n) is 6.77. The number of carbonyl (C=O) groups is 1. The van der Waals surface area contributed by atoms with Crippen LogP contribution in [0.25, 0.3) is 6.08 Å². The minimum absolute atomic E-state index is 0.170. The van der Waals surface area contributed by atoms with Crippen LogP contribution >= 0.6 is 11.8 Å². The Morgan fingerprint density at radius 3 is 2.91 bits per heavy atom. The fourth-order valence-corrected chi connectivity index (χ4v) is 2.53. The molecule has 0 aliphatic carbocycles. The van der Waals surface area contributed by atoms with Crippen LogP contribution in [0.2, 0.25) is 0 Å². The summed E-state index contributed by atoms with van der Waals surface area (Å²) < 4.78 is 10.6. The molecule has 0 saturated heterocycles. The highest BCUT2D eigenvalue weighted by Gasteiger charge is 2.12. The molecule has 0 radical (unpaired) electrons. The highest BCUT2D eigenvalue weighted by atomic mass is 32.2. The highest BCUT2D eigenvalue weighted by Crippen LogP contribution is 2.32. The first-order valence-corrected chi connectivity index (χ1v) is 8.00.